The lowest BCUT2D eigenvalue weighted by Gasteiger charge is -2.29. The normalized spacial score (nSPS) is 18.4. The Bertz CT molecular complexity index is 557. The molecule has 0 saturated carbocycles. The molecule has 1 aromatic rings. The van der Waals surface area contributed by atoms with E-state index in [0.29, 0.717) is 23.3 Å². The van der Waals surface area contributed by atoms with Crippen LogP contribution in [0.4, 0.5) is 0 Å². The van der Waals surface area contributed by atoms with Crippen molar-refractivity contribution in [3.63, 3.8) is 0 Å². The number of thioether (sulfide) groups is 1. The number of hydrogen-bond donors (Lipinski definition) is 1. The summed E-state index contributed by atoms with van der Waals surface area (Å²) in [4.78, 5) is 30.4. The van der Waals surface area contributed by atoms with E-state index in [9.17, 15) is 9.59 Å². The number of carbonyl (C=O) groups is 2. The summed E-state index contributed by atoms with van der Waals surface area (Å²) in [5.41, 5.74) is 0.390. The number of rotatable bonds is 3. The second-order valence-electron chi connectivity index (χ2n) is 6.25. The van der Waals surface area contributed by atoms with Gasteiger partial charge in [-0.1, -0.05) is 38.4 Å². The van der Waals surface area contributed by atoms with Gasteiger partial charge in [0.05, 0.1) is 5.88 Å². The molecule has 1 atom stereocenters. The van der Waals surface area contributed by atoms with E-state index in [0.717, 1.165) is 5.56 Å². The highest BCUT2D eigenvalue weighted by molar-refractivity contribution is 7.99. The summed E-state index contributed by atoms with van der Waals surface area (Å²) in [6, 6.07) is 3.10. The Balaban J connectivity index is 1.96. The van der Waals surface area contributed by atoms with Gasteiger partial charge in [0.25, 0.3) is 0 Å². The van der Waals surface area contributed by atoms with Gasteiger partial charge in [0.15, 0.2) is 0 Å². The van der Waals surface area contributed by atoms with Crippen molar-refractivity contribution < 1.29 is 9.59 Å². The highest BCUT2D eigenvalue weighted by Crippen LogP contribution is 2.27. The topological polar surface area (TPSA) is 62.3 Å². The van der Waals surface area contributed by atoms with Gasteiger partial charge in [-0.25, -0.2) is 4.98 Å². The number of hydrogen-bond acceptors (Lipinski definition) is 4. The molecular formula is C15H20ClN3O2S. The van der Waals surface area contributed by atoms with E-state index in [4.69, 9.17) is 11.6 Å². The number of nitrogens with one attached hydrogen (secondary N) is 1. The number of carbonyl (C=O) groups excluding carboxylic acids is 2. The van der Waals surface area contributed by atoms with Gasteiger partial charge < -0.3 is 10.2 Å². The molecular weight excluding hydrogens is 322 g/mol. The van der Waals surface area contributed by atoms with E-state index in [2.05, 4.69) is 10.3 Å². The Hall–Kier alpha value is -1.27. The predicted molar refractivity (Wildman–Crippen MR) is 88.5 cm³/mol. The van der Waals surface area contributed by atoms with Crippen molar-refractivity contribution in [1.29, 1.82) is 0 Å². The van der Waals surface area contributed by atoms with E-state index in [-0.39, 0.29) is 11.8 Å². The average Bonchev–Trinajstić information content (AvgIpc) is 2.93. The zero-order valence-electron chi connectivity index (χ0n) is 12.9. The maximum atomic E-state index is 12.4. The third kappa shape index (κ3) is 4.14. The lowest BCUT2D eigenvalue weighted by atomic mass is 9.94. The molecule has 22 heavy (non-hydrogen) atoms. The van der Waals surface area contributed by atoms with Crippen LogP contribution in [-0.2, 0) is 16.1 Å². The smallest absolute Gasteiger partial charge is 0.243 e. The summed E-state index contributed by atoms with van der Waals surface area (Å²) >= 11 is 7.33. The first-order valence-electron chi connectivity index (χ1n) is 7.06. The molecule has 7 heteroatoms. The van der Waals surface area contributed by atoms with Crippen LogP contribution in [0.2, 0.25) is 5.15 Å². The van der Waals surface area contributed by atoms with Gasteiger partial charge in [-0.15, -0.1) is 11.8 Å². The highest BCUT2D eigenvalue weighted by Gasteiger charge is 2.38. The van der Waals surface area contributed by atoms with Crippen molar-refractivity contribution in [2.75, 3.05) is 11.6 Å². The quantitative estimate of drug-likeness (QED) is 0.857. The van der Waals surface area contributed by atoms with Crippen molar-refractivity contribution >= 4 is 35.2 Å². The molecule has 1 aliphatic heterocycles. The Morgan fingerprint density at radius 1 is 1.45 bits per heavy atom. The molecule has 1 saturated heterocycles. The number of nitrogens with zero attached hydrogens (tertiary/aromatic N) is 2. The highest BCUT2D eigenvalue weighted by atomic mass is 35.5. The maximum Gasteiger partial charge on any atom is 0.243 e. The van der Waals surface area contributed by atoms with Crippen LogP contribution in [0, 0.1) is 5.41 Å². The monoisotopic (exact) mass is 341 g/mol. The third-order valence-corrected chi connectivity index (χ3v) is 4.58. The van der Waals surface area contributed by atoms with Crippen LogP contribution in [0.1, 0.15) is 26.3 Å². The zero-order valence-corrected chi connectivity index (χ0v) is 14.5. The molecule has 0 radical (unpaired) electrons. The first-order valence-corrected chi connectivity index (χ1v) is 8.59. The summed E-state index contributed by atoms with van der Waals surface area (Å²) in [7, 11) is 0. The van der Waals surface area contributed by atoms with Crippen LogP contribution in [0.25, 0.3) is 0 Å². The van der Waals surface area contributed by atoms with Crippen LogP contribution >= 0.6 is 23.4 Å². The van der Waals surface area contributed by atoms with Crippen LogP contribution in [-0.4, -0.2) is 39.4 Å². The third-order valence-electron chi connectivity index (χ3n) is 3.34. The van der Waals surface area contributed by atoms with Gasteiger partial charge in [-0.05, 0) is 11.6 Å². The summed E-state index contributed by atoms with van der Waals surface area (Å²) in [6.45, 7) is 5.98. The molecule has 0 aliphatic carbocycles. The van der Waals surface area contributed by atoms with Gasteiger partial charge >= 0.3 is 0 Å². The molecule has 2 heterocycles. The number of halogens is 1. The van der Waals surface area contributed by atoms with Crippen LogP contribution in [0.15, 0.2) is 18.3 Å². The second-order valence-corrected chi connectivity index (χ2v) is 7.63. The molecule has 1 aromatic heterocycles. The van der Waals surface area contributed by atoms with E-state index in [1.165, 1.54) is 0 Å². The first-order chi connectivity index (χ1) is 10.3. The molecule has 2 rings (SSSR count). The fourth-order valence-corrected chi connectivity index (χ4v) is 3.37. The van der Waals surface area contributed by atoms with E-state index in [1.807, 2.05) is 26.8 Å². The van der Waals surface area contributed by atoms with Gasteiger partial charge in [-0.3, -0.25) is 9.59 Å². The molecule has 1 N–H and O–H groups in total. The number of aromatic nitrogens is 1. The molecule has 120 valence electrons. The average molecular weight is 342 g/mol. The summed E-state index contributed by atoms with van der Waals surface area (Å²) in [6.07, 6.45) is 1.63. The maximum absolute atomic E-state index is 12.4. The van der Waals surface area contributed by atoms with Crippen LogP contribution in [0.5, 0.6) is 0 Å². The van der Waals surface area contributed by atoms with Gasteiger partial charge in [0.2, 0.25) is 11.8 Å². The fraction of sp³-hybridized carbons (Fsp3) is 0.533. The van der Waals surface area contributed by atoms with Crippen molar-refractivity contribution in [3.05, 3.63) is 29.0 Å². The van der Waals surface area contributed by atoms with E-state index >= 15 is 0 Å². The minimum Gasteiger partial charge on any atom is -0.350 e. The van der Waals surface area contributed by atoms with Gasteiger partial charge in [-0.2, -0.15) is 0 Å². The fourth-order valence-electron chi connectivity index (χ4n) is 2.11. The standard InChI is InChI=1S/C15H20ClN3O2S/c1-15(2,3)14(21)19-9-22-8-11(19)13(20)18-7-10-4-5-12(16)17-6-10/h4-6,11H,7-9H2,1-3H3,(H,18,20)/t11-/m1/s1. The summed E-state index contributed by atoms with van der Waals surface area (Å²) < 4.78 is 0. The van der Waals surface area contributed by atoms with Crippen molar-refractivity contribution in [2.24, 2.45) is 5.41 Å². The Morgan fingerprint density at radius 2 is 2.18 bits per heavy atom. The molecule has 1 fully saturated rings. The molecule has 1 aliphatic rings. The van der Waals surface area contributed by atoms with Gasteiger partial charge in [0, 0.05) is 23.9 Å². The second kappa shape index (κ2) is 6.87. The van der Waals surface area contributed by atoms with Gasteiger partial charge in [0.1, 0.15) is 11.2 Å². The minimum atomic E-state index is -0.483. The summed E-state index contributed by atoms with van der Waals surface area (Å²) in [5.74, 6) is 1.08. The zero-order chi connectivity index (χ0) is 16.3. The molecule has 0 spiro atoms. The molecule has 0 bridgehead atoms. The molecule has 2 amide bonds. The lowest BCUT2D eigenvalue weighted by molar-refractivity contribution is -0.144. The lowest BCUT2D eigenvalue weighted by Crippen LogP contribution is -2.50. The van der Waals surface area contributed by atoms with Crippen LogP contribution in [0.3, 0.4) is 0 Å². The Kier molecular flexibility index (Phi) is 5.34. The minimum absolute atomic E-state index is 0.00538. The Morgan fingerprint density at radius 3 is 2.77 bits per heavy atom. The van der Waals surface area contributed by atoms with Crippen molar-refractivity contribution in [2.45, 2.75) is 33.4 Å². The predicted octanol–water partition coefficient (Wildman–Crippen LogP) is 2.30. The SMILES string of the molecule is CC(C)(C)C(=O)N1CSC[C@@H]1C(=O)NCc1ccc(Cl)nc1. The molecule has 5 nitrogen and oxygen atoms in total. The van der Waals surface area contributed by atoms with Crippen LogP contribution < -0.4 is 5.32 Å². The Labute approximate surface area is 139 Å². The number of pyridine rings is 1. The molecule has 0 aromatic carbocycles. The van der Waals surface area contributed by atoms with Crippen molar-refractivity contribution in [3.8, 4) is 0 Å². The molecule has 0 unspecified atom stereocenters. The van der Waals surface area contributed by atoms with E-state index < -0.39 is 11.5 Å². The van der Waals surface area contributed by atoms with Crippen molar-refractivity contribution in [1.82, 2.24) is 15.2 Å². The summed E-state index contributed by atoms with van der Waals surface area (Å²) in [5, 5.41) is 3.29. The van der Waals surface area contributed by atoms with E-state index in [1.54, 1.807) is 28.9 Å². The first kappa shape index (κ1) is 17.1. The number of amides is 2. The largest absolute Gasteiger partial charge is 0.350 e.